The number of nitrogens with one attached hydrogen (secondary N) is 1. The van der Waals surface area contributed by atoms with Crippen molar-refractivity contribution in [3.8, 4) is 23.0 Å². The molecule has 3 rings (SSSR count). The second kappa shape index (κ2) is 7.74. The van der Waals surface area contributed by atoms with E-state index in [1.807, 2.05) is 56.3 Å². The molecule has 0 aliphatic heterocycles. The van der Waals surface area contributed by atoms with E-state index in [0.29, 0.717) is 12.3 Å². The second-order valence-corrected chi connectivity index (χ2v) is 5.88. The first-order valence-corrected chi connectivity index (χ1v) is 8.21. The van der Waals surface area contributed by atoms with Crippen LogP contribution in [0.25, 0.3) is 11.3 Å². The molecule has 0 fully saturated rings. The molecule has 1 N–H and O–H groups in total. The first kappa shape index (κ1) is 17.5. The number of benzene rings is 2. The number of ether oxygens (including phenoxy) is 2. The van der Waals surface area contributed by atoms with Crippen LogP contribution in [0.1, 0.15) is 16.7 Å². The molecule has 0 radical (unpaired) electrons. The van der Waals surface area contributed by atoms with Crippen LogP contribution in [0.3, 0.4) is 0 Å². The van der Waals surface area contributed by atoms with Gasteiger partial charge in [-0.1, -0.05) is 35.5 Å². The predicted molar refractivity (Wildman–Crippen MR) is 97.3 cm³/mol. The van der Waals surface area contributed by atoms with Gasteiger partial charge in [-0.3, -0.25) is 0 Å². The van der Waals surface area contributed by atoms with Gasteiger partial charge in [-0.2, -0.15) is 0 Å². The average Bonchev–Trinajstić information content (AvgIpc) is 3.10. The van der Waals surface area contributed by atoms with Gasteiger partial charge in [0.05, 0.1) is 6.07 Å². The maximum atomic E-state index is 11.2. The molecule has 6 nitrogen and oxygen atoms in total. The minimum atomic E-state index is -0.607. The van der Waals surface area contributed by atoms with Crippen molar-refractivity contribution in [2.24, 2.45) is 0 Å². The van der Waals surface area contributed by atoms with Crippen LogP contribution in [-0.2, 0) is 6.61 Å². The SMILES string of the molecule is CNC(=O)Oc1cc(-c2cc(C)c(OCc3ccccc3)c(C)c2)no1. The molecule has 1 amide bonds. The zero-order valence-electron chi connectivity index (χ0n) is 14.9. The van der Waals surface area contributed by atoms with Gasteiger partial charge in [0.25, 0.3) is 0 Å². The summed E-state index contributed by atoms with van der Waals surface area (Å²) >= 11 is 0. The second-order valence-electron chi connectivity index (χ2n) is 5.88. The van der Waals surface area contributed by atoms with Crippen LogP contribution in [0, 0.1) is 13.8 Å². The third-order valence-electron chi connectivity index (χ3n) is 3.87. The topological polar surface area (TPSA) is 73.6 Å². The molecule has 2 aromatic carbocycles. The maximum absolute atomic E-state index is 11.2. The maximum Gasteiger partial charge on any atom is 0.414 e. The Hall–Kier alpha value is -3.28. The van der Waals surface area contributed by atoms with E-state index in [0.717, 1.165) is 28.0 Å². The Morgan fingerprint density at radius 3 is 2.46 bits per heavy atom. The molecule has 1 heterocycles. The van der Waals surface area contributed by atoms with Gasteiger partial charge in [0, 0.05) is 12.6 Å². The molecule has 0 saturated carbocycles. The van der Waals surface area contributed by atoms with Gasteiger partial charge in [0.15, 0.2) is 0 Å². The summed E-state index contributed by atoms with van der Waals surface area (Å²) in [5.74, 6) is 0.891. The van der Waals surface area contributed by atoms with E-state index in [1.54, 1.807) is 6.07 Å². The molecule has 0 aliphatic carbocycles. The van der Waals surface area contributed by atoms with Gasteiger partial charge in [-0.25, -0.2) is 4.79 Å². The lowest BCUT2D eigenvalue weighted by molar-refractivity contribution is 0.183. The van der Waals surface area contributed by atoms with Crippen LogP contribution in [0.2, 0.25) is 0 Å². The van der Waals surface area contributed by atoms with Crippen LogP contribution in [-0.4, -0.2) is 18.3 Å². The first-order valence-electron chi connectivity index (χ1n) is 8.21. The van der Waals surface area contributed by atoms with Crippen molar-refractivity contribution in [2.45, 2.75) is 20.5 Å². The number of aryl methyl sites for hydroxylation is 2. The lowest BCUT2D eigenvalue weighted by atomic mass is 10.0. The monoisotopic (exact) mass is 352 g/mol. The molecule has 134 valence electrons. The van der Waals surface area contributed by atoms with Crippen LogP contribution < -0.4 is 14.8 Å². The molecule has 6 heteroatoms. The van der Waals surface area contributed by atoms with Gasteiger partial charge in [-0.05, 0) is 42.7 Å². The van der Waals surface area contributed by atoms with Gasteiger partial charge in [0.1, 0.15) is 18.1 Å². The number of aromatic nitrogens is 1. The molecular formula is C20H20N2O4. The minimum absolute atomic E-state index is 0.0408. The Balaban J connectivity index is 1.77. The van der Waals surface area contributed by atoms with E-state index < -0.39 is 6.09 Å². The highest BCUT2D eigenvalue weighted by Gasteiger charge is 2.14. The van der Waals surface area contributed by atoms with Crippen LogP contribution in [0.4, 0.5) is 4.79 Å². The Morgan fingerprint density at radius 1 is 1.12 bits per heavy atom. The molecular weight excluding hydrogens is 332 g/mol. The summed E-state index contributed by atoms with van der Waals surface area (Å²) in [7, 11) is 1.47. The smallest absolute Gasteiger partial charge is 0.414 e. The molecule has 0 atom stereocenters. The number of carbonyl (C=O) groups is 1. The van der Waals surface area contributed by atoms with Gasteiger partial charge < -0.3 is 19.3 Å². The Morgan fingerprint density at radius 2 is 1.81 bits per heavy atom. The quantitative estimate of drug-likeness (QED) is 0.743. The molecule has 0 unspecified atom stereocenters. The first-order chi connectivity index (χ1) is 12.6. The van der Waals surface area contributed by atoms with Crippen molar-refractivity contribution in [1.82, 2.24) is 10.5 Å². The summed E-state index contributed by atoms with van der Waals surface area (Å²) in [6, 6.07) is 15.5. The van der Waals surface area contributed by atoms with E-state index in [-0.39, 0.29) is 5.95 Å². The summed E-state index contributed by atoms with van der Waals surface area (Å²) in [4.78, 5) is 11.2. The Kier molecular flexibility index (Phi) is 5.22. The number of carbonyl (C=O) groups excluding carboxylic acids is 1. The molecule has 0 spiro atoms. The van der Waals surface area contributed by atoms with Crippen LogP contribution in [0.5, 0.6) is 11.7 Å². The van der Waals surface area contributed by atoms with Gasteiger partial charge in [-0.15, -0.1) is 0 Å². The van der Waals surface area contributed by atoms with Crippen molar-refractivity contribution in [3.63, 3.8) is 0 Å². The highest BCUT2D eigenvalue weighted by Crippen LogP contribution is 2.31. The summed E-state index contributed by atoms with van der Waals surface area (Å²) in [5, 5.41) is 6.31. The summed E-state index contributed by atoms with van der Waals surface area (Å²) in [6.07, 6.45) is -0.607. The number of hydrogen-bond acceptors (Lipinski definition) is 5. The molecule has 26 heavy (non-hydrogen) atoms. The van der Waals surface area contributed by atoms with E-state index in [4.69, 9.17) is 14.0 Å². The molecule has 0 bridgehead atoms. The summed E-state index contributed by atoms with van der Waals surface area (Å²) in [5.41, 5.74) is 4.55. The average molecular weight is 352 g/mol. The van der Waals surface area contributed by atoms with E-state index in [2.05, 4.69) is 10.5 Å². The third kappa shape index (κ3) is 4.03. The number of amides is 1. The molecule has 0 saturated heterocycles. The highest BCUT2D eigenvalue weighted by atomic mass is 16.7. The number of rotatable bonds is 5. The fraction of sp³-hybridized carbons (Fsp3) is 0.200. The van der Waals surface area contributed by atoms with Crippen molar-refractivity contribution < 1.29 is 18.8 Å². The minimum Gasteiger partial charge on any atom is -0.488 e. The fourth-order valence-electron chi connectivity index (χ4n) is 2.64. The van der Waals surface area contributed by atoms with Crippen molar-refractivity contribution in [3.05, 3.63) is 65.2 Å². The lowest BCUT2D eigenvalue weighted by Gasteiger charge is -2.13. The highest BCUT2D eigenvalue weighted by molar-refractivity contribution is 5.70. The molecule has 1 aromatic heterocycles. The number of nitrogens with zero attached hydrogens (tertiary/aromatic N) is 1. The standard InChI is InChI=1S/C20H20N2O4/c1-13-9-16(17-11-18(26-22-17)25-20(23)21-3)10-14(2)19(13)24-12-15-7-5-4-6-8-15/h4-11H,12H2,1-3H3,(H,21,23). The van der Waals surface area contributed by atoms with Gasteiger partial charge in [0.2, 0.25) is 0 Å². The summed E-state index contributed by atoms with van der Waals surface area (Å²) in [6.45, 7) is 4.48. The van der Waals surface area contributed by atoms with Crippen molar-refractivity contribution in [2.75, 3.05) is 7.05 Å². The van der Waals surface area contributed by atoms with Crippen LogP contribution >= 0.6 is 0 Å². The van der Waals surface area contributed by atoms with Crippen molar-refractivity contribution in [1.29, 1.82) is 0 Å². The third-order valence-corrected chi connectivity index (χ3v) is 3.87. The summed E-state index contributed by atoms with van der Waals surface area (Å²) < 4.78 is 16.0. The molecule has 3 aromatic rings. The Labute approximate surface area is 151 Å². The zero-order chi connectivity index (χ0) is 18.5. The van der Waals surface area contributed by atoms with E-state index in [9.17, 15) is 4.79 Å². The molecule has 0 aliphatic rings. The van der Waals surface area contributed by atoms with E-state index in [1.165, 1.54) is 7.05 Å². The number of hydrogen-bond donors (Lipinski definition) is 1. The lowest BCUT2D eigenvalue weighted by Crippen LogP contribution is -2.21. The normalized spacial score (nSPS) is 10.4. The Bertz CT molecular complexity index is 880. The largest absolute Gasteiger partial charge is 0.488 e. The fourth-order valence-corrected chi connectivity index (χ4v) is 2.64. The van der Waals surface area contributed by atoms with Crippen LogP contribution in [0.15, 0.2) is 53.1 Å². The predicted octanol–water partition coefficient (Wildman–Crippen LogP) is 4.26. The van der Waals surface area contributed by atoms with Crippen molar-refractivity contribution >= 4 is 6.09 Å². The van der Waals surface area contributed by atoms with E-state index >= 15 is 0 Å². The van der Waals surface area contributed by atoms with Gasteiger partial charge >= 0.3 is 12.0 Å². The zero-order valence-corrected chi connectivity index (χ0v) is 14.9.